The summed E-state index contributed by atoms with van der Waals surface area (Å²) in [4.78, 5) is 40.7. The van der Waals surface area contributed by atoms with E-state index in [1.807, 2.05) is 6.07 Å². The normalized spacial score (nSPS) is 11.3. The molecule has 2 aromatic carbocycles. The molecular formula is C25H20Cl2N6O5. The van der Waals surface area contributed by atoms with Gasteiger partial charge < -0.3 is 25.2 Å². The van der Waals surface area contributed by atoms with Crippen molar-refractivity contribution in [3.63, 3.8) is 0 Å². The van der Waals surface area contributed by atoms with Crippen molar-refractivity contribution in [1.82, 2.24) is 19.9 Å². The molecule has 0 saturated carbocycles. The van der Waals surface area contributed by atoms with Gasteiger partial charge in [-0.25, -0.2) is 4.79 Å². The molecule has 0 aliphatic rings. The Morgan fingerprint density at radius 3 is 2.24 bits per heavy atom. The van der Waals surface area contributed by atoms with Gasteiger partial charge >= 0.3 is 18.0 Å². The first-order valence-corrected chi connectivity index (χ1v) is 11.8. The number of halogens is 2. The summed E-state index contributed by atoms with van der Waals surface area (Å²) in [5.74, 6) is -1.18. The van der Waals surface area contributed by atoms with Gasteiger partial charge in [-0.1, -0.05) is 53.5 Å². The molecule has 0 aliphatic heterocycles. The van der Waals surface area contributed by atoms with Crippen molar-refractivity contribution < 1.29 is 24.2 Å². The zero-order valence-corrected chi connectivity index (χ0v) is 21.3. The molecule has 0 bridgehead atoms. The average molecular weight is 555 g/mol. The number of hydrogen-bond donors (Lipinski definition) is 3. The summed E-state index contributed by atoms with van der Waals surface area (Å²) >= 11 is 12.1. The highest BCUT2D eigenvalue weighted by atomic mass is 35.5. The number of rotatable bonds is 10. The number of methoxy groups -OCH3 is 1. The van der Waals surface area contributed by atoms with E-state index in [1.54, 1.807) is 48.5 Å². The van der Waals surface area contributed by atoms with Gasteiger partial charge in [-0.05, 0) is 29.8 Å². The fourth-order valence-corrected chi connectivity index (χ4v) is 3.81. The number of aromatic nitrogens is 4. The van der Waals surface area contributed by atoms with Gasteiger partial charge in [-0.3, -0.25) is 9.78 Å². The third kappa shape index (κ3) is 6.84. The second kappa shape index (κ2) is 12.2. The fourth-order valence-electron chi connectivity index (χ4n) is 3.27. The van der Waals surface area contributed by atoms with E-state index < -0.39 is 17.9 Å². The molecule has 1 atom stereocenters. The van der Waals surface area contributed by atoms with E-state index in [2.05, 4.69) is 30.6 Å². The van der Waals surface area contributed by atoms with Crippen LogP contribution in [0.5, 0.6) is 17.8 Å². The number of carbonyl (C=O) groups excluding carboxylic acids is 1. The number of para-hydroxylation sites is 1. The number of carbonyl (C=O) groups is 2. The predicted octanol–water partition coefficient (Wildman–Crippen LogP) is 4.73. The molecule has 2 aromatic heterocycles. The molecule has 38 heavy (non-hydrogen) atoms. The predicted molar refractivity (Wildman–Crippen MR) is 140 cm³/mol. The molecule has 0 unspecified atom stereocenters. The summed E-state index contributed by atoms with van der Waals surface area (Å²) < 4.78 is 10.7. The van der Waals surface area contributed by atoms with Crippen LogP contribution in [0.1, 0.15) is 15.9 Å². The number of carboxylic acid groups (broad SMARTS) is 1. The van der Waals surface area contributed by atoms with Crippen LogP contribution in [0.15, 0.2) is 67.0 Å². The van der Waals surface area contributed by atoms with Gasteiger partial charge in [0.05, 0.1) is 22.7 Å². The molecule has 2 heterocycles. The van der Waals surface area contributed by atoms with Crippen LogP contribution in [0, 0.1) is 0 Å². The summed E-state index contributed by atoms with van der Waals surface area (Å²) in [7, 11) is 1.37. The van der Waals surface area contributed by atoms with Crippen LogP contribution >= 0.6 is 23.2 Å². The largest absolute Gasteiger partial charge is 0.480 e. The van der Waals surface area contributed by atoms with Crippen molar-refractivity contribution in [2.45, 2.75) is 12.5 Å². The van der Waals surface area contributed by atoms with E-state index in [-0.39, 0.29) is 40.0 Å². The first-order chi connectivity index (χ1) is 18.3. The monoisotopic (exact) mass is 554 g/mol. The molecule has 194 valence electrons. The van der Waals surface area contributed by atoms with Crippen LogP contribution in [-0.2, 0) is 11.2 Å². The minimum Gasteiger partial charge on any atom is -0.480 e. The van der Waals surface area contributed by atoms with Gasteiger partial charge in [0.2, 0.25) is 5.95 Å². The van der Waals surface area contributed by atoms with Gasteiger partial charge in [-0.2, -0.15) is 9.97 Å². The summed E-state index contributed by atoms with van der Waals surface area (Å²) in [5, 5.41) is 15.5. The van der Waals surface area contributed by atoms with Crippen LogP contribution in [-0.4, -0.2) is 50.1 Å². The van der Waals surface area contributed by atoms with Crippen molar-refractivity contribution >= 4 is 46.7 Å². The topological polar surface area (TPSA) is 148 Å². The molecule has 3 N–H and O–H groups in total. The third-order valence-electron chi connectivity index (χ3n) is 5.06. The molecule has 1 amide bonds. The number of hydrogen-bond acceptors (Lipinski definition) is 9. The number of pyridine rings is 1. The lowest BCUT2D eigenvalue weighted by molar-refractivity contribution is -0.137. The molecule has 0 spiro atoms. The standard InChI is InChI=1S/C25H20Cl2N6O5/c1-37-24-31-23(32-25(33-24)38-16-5-3-2-4-6-16)30-19(22(35)36)11-14-7-9-15(10-8-14)29-21(34)20-17(26)12-28-13-18(20)27/h2-10,12-13,19H,11H2,1H3,(H,29,34)(H,35,36)(H,30,31,32,33)/t19-/m0/s1. The minimum absolute atomic E-state index is 0.0369. The van der Waals surface area contributed by atoms with Crippen LogP contribution in [0.2, 0.25) is 10.0 Å². The van der Waals surface area contributed by atoms with E-state index >= 15 is 0 Å². The molecule has 0 saturated heterocycles. The molecule has 13 heteroatoms. The molecule has 0 radical (unpaired) electrons. The number of nitrogens with one attached hydrogen (secondary N) is 2. The van der Waals surface area contributed by atoms with Crippen molar-refractivity contribution in [2.24, 2.45) is 0 Å². The maximum atomic E-state index is 12.6. The lowest BCUT2D eigenvalue weighted by Gasteiger charge is -2.16. The Labute approximate surface area is 226 Å². The Bertz CT molecular complexity index is 1420. The van der Waals surface area contributed by atoms with Crippen molar-refractivity contribution in [2.75, 3.05) is 17.7 Å². The van der Waals surface area contributed by atoms with E-state index in [0.717, 1.165) is 0 Å². The van der Waals surface area contributed by atoms with Crippen molar-refractivity contribution in [3.05, 3.63) is 88.2 Å². The van der Waals surface area contributed by atoms with Gasteiger partial charge in [-0.15, -0.1) is 4.98 Å². The fraction of sp³-hybridized carbons (Fsp3) is 0.120. The van der Waals surface area contributed by atoms with Crippen LogP contribution in [0.25, 0.3) is 0 Å². The summed E-state index contributed by atoms with van der Waals surface area (Å²) in [5.41, 5.74) is 1.24. The zero-order chi connectivity index (χ0) is 27.1. The maximum absolute atomic E-state index is 12.6. The van der Waals surface area contributed by atoms with E-state index in [1.165, 1.54) is 19.5 Å². The SMILES string of the molecule is COc1nc(N[C@@H](Cc2ccc(NC(=O)c3c(Cl)cncc3Cl)cc2)C(=O)O)nc(Oc2ccccc2)n1. The van der Waals surface area contributed by atoms with Gasteiger partial charge in [0.25, 0.3) is 5.91 Å². The highest BCUT2D eigenvalue weighted by Crippen LogP contribution is 2.25. The quantitative estimate of drug-likeness (QED) is 0.251. The Morgan fingerprint density at radius 2 is 1.61 bits per heavy atom. The maximum Gasteiger partial charge on any atom is 0.330 e. The zero-order valence-electron chi connectivity index (χ0n) is 19.8. The van der Waals surface area contributed by atoms with Crippen LogP contribution < -0.4 is 20.1 Å². The van der Waals surface area contributed by atoms with Gasteiger partial charge in [0.1, 0.15) is 11.8 Å². The van der Waals surface area contributed by atoms with E-state index in [0.29, 0.717) is 17.0 Å². The molecule has 4 aromatic rings. The number of amides is 1. The molecule has 0 fully saturated rings. The first-order valence-electron chi connectivity index (χ1n) is 11.0. The number of nitrogens with zero attached hydrogens (tertiary/aromatic N) is 4. The van der Waals surface area contributed by atoms with E-state index in [9.17, 15) is 14.7 Å². The number of aliphatic carboxylic acids is 1. The number of anilines is 2. The summed E-state index contributed by atoms with van der Waals surface area (Å²) in [6.45, 7) is 0. The Balaban J connectivity index is 1.45. The summed E-state index contributed by atoms with van der Waals surface area (Å²) in [6.07, 6.45) is 2.72. The van der Waals surface area contributed by atoms with Gasteiger partial charge in [0.15, 0.2) is 0 Å². The third-order valence-corrected chi connectivity index (χ3v) is 5.64. The molecule has 4 rings (SSSR count). The highest BCUT2D eigenvalue weighted by Gasteiger charge is 2.21. The van der Waals surface area contributed by atoms with E-state index in [4.69, 9.17) is 32.7 Å². The number of benzene rings is 2. The average Bonchev–Trinajstić information content (AvgIpc) is 2.89. The molecular weight excluding hydrogens is 535 g/mol. The minimum atomic E-state index is -1.13. The summed E-state index contributed by atoms with van der Waals surface area (Å²) in [6, 6.07) is 14.3. The first kappa shape index (κ1) is 26.6. The lowest BCUT2D eigenvalue weighted by atomic mass is 10.1. The molecule has 11 nitrogen and oxygen atoms in total. The second-order valence-electron chi connectivity index (χ2n) is 7.71. The lowest BCUT2D eigenvalue weighted by Crippen LogP contribution is -2.32. The van der Waals surface area contributed by atoms with Crippen LogP contribution in [0.3, 0.4) is 0 Å². The van der Waals surface area contributed by atoms with Crippen LogP contribution in [0.4, 0.5) is 11.6 Å². The highest BCUT2D eigenvalue weighted by molar-refractivity contribution is 6.40. The Hall–Kier alpha value is -4.48. The Morgan fingerprint density at radius 1 is 0.947 bits per heavy atom. The number of carboxylic acids is 1. The van der Waals surface area contributed by atoms with Gasteiger partial charge in [0, 0.05) is 24.5 Å². The smallest absolute Gasteiger partial charge is 0.330 e. The molecule has 0 aliphatic carbocycles. The second-order valence-corrected chi connectivity index (χ2v) is 8.53. The van der Waals surface area contributed by atoms with Crippen molar-refractivity contribution in [3.8, 4) is 17.8 Å². The van der Waals surface area contributed by atoms with Crippen molar-refractivity contribution in [1.29, 1.82) is 0 Å². The Kier molecular flexibility index (Phi) is 8.51. The number of ether oxygens (including phenoxy) is 2.